The van der Waals surface area contributed by atoms with Crippen molar-refractivity contribution in [2.75, 3.05) is 5.75 Å². The van der Waals surface area contributed by atoms with Gasteiger partial charge in [0.25, 0.3) is 11.1 Å². The van der Waals surface area contributed by atoms with Crippen LogP contribution in [0.25, 0.3) is 0 Å². The zero-order valence-corrected chi connectivity index (χ0v) is 18.6. The van der Waals surface area contributed by atoms with Crippen molar-refractivity contribution in [2.45, 2.75) is 53.4 Å². The molecule has 152 valence electrons. The molecule has 29 heavy (non-hydrogen) atoms. The fourth-order valence-electron chi connectivity index (χ4n) is 3.19. The smallest absolute Gasteiger partial charge is 0.277 e. The molecule has 1 aromatic heterocycles. The van der Waals surface area contributed by atoms with Crippen molar-refractivity contribution in [1.82, 2.24) is 10.2 Å². The van der Waals surface area contributed by atoms with E-state index in [4.69, 9.17) is 9.15 Å². The number of hydrogen-bond donors (Lipinski definition) is 0. The van der Waals surface area contributed by atoms with E-state index in [1.807, 2.05) is 59.7 Å². The van der Waals surface area contributed by atoms with Crippen LogP contribution in [0.15, 0.2) is 33.9 Å². The van der Waals surface area contributed by atoms with Gasteiger partial charge in [-0.2, -0.15) is 0 Å². The van der Waals surface area contributed by atoms with Gasteiger partial charge in [-0.1, -0.05) is 30.0 Å². The monoisotopic (exact) mass is 410 g/mol. The van der Waals surface area contributed by atoms with Gasteiger partial charge in [0.1, 0.15) is 5.75 Å². The molecule has 0 saturated heterocycles. The van der Waals surface area contributed by atoms with Gasteiger partial charge in [0.05, 0.1) is 5.75 Å². The van der Waals surface area contributed by atoms with Crippen molar-refractivity contribution in [3.63, 3.8) is 0 Å². The molecule has 3 aromatic rings. The molecule has 0 atom stereocenters. The number of hydrogen-bond acceptors (Lipinski definition) is 6. The second kappa shape index (κ2) is 8.82. The summed E-state index contributed by atoms with van der Waals surface area (Å²) in [5.74, 6) is 1.51. The predicted octanol–water partition coefficient (Wildman–Crippen LogP) is 5.47. The van der Waals surface area contributed by atoms with Gasteiger partial charge in [-0.25, -0.2) is 0 Å². The van der Waals surface area contributed by atoms with Crippen LogP contribution in [0.5, 0.6) is 5.75 Å². The number of carbonyl (C=O) groups excluding carboxylic acids is 1. The van der Waals surface area contributed by atoms with E-state index in [2.05, 4.69) is 16.3 Å². The van der Waals surface area contributed by atoms with Crippen LogP contribution in [0, 0.1) is 41.5 Å². The topological polar surface area (TPSA) is 65.2 Å². The Bertz CT molecular complexity index is 1030. The number of Topliss-reactive ketones (excluding diaryl/α,β-unsaturated/α-hetero) is 1. The lowest BCUT2D eigenvalue weighted by molar-refractivity contribution is 0.102. The normalized spacial score (nSPS) is 11.0. The first-order valence-corrected chi connectivity index (χ1v) is 10.5. The number of carbonyl (C=O) groups is 1. The summed E-state index contributed by atoms with van der Waals surface area (Å²) in [6, 6.07) is 8.16. The standard InChI is InChI=1S/C23H26N2O3S/c1-13-7-8-14(2)20(9-13)27-11-21-24-25-23(28-21)29-12-19(26)22-17(5)15(3)10-16(4)18(22)6/h7-10H,11-12H2,1-6H3. The SMILES string of the molecule is Cc1ccc(C)c(OCc2nnc(SCC(=O)c3c(C)c(C)cc(C)c3C)o2)c1. The number of ketones is 1. The number of benzene rings is 2. The maximum Gasteiger partial charge on any atom is 0.277 e. The highest BCUT2D eigenvalue weighted by Gasteiger charge is 2.18. The molecule has 6 heteroatoms. The van der Waals surface area contributed by atoms with E-state index in [-0.39, 0.29) is 18.1 Å². The van der Waals surface area contributed by atoms with Crippen LogP contribution in [0.3, 0.4) is 0 Å². The van der Waals surface area contributed by atoms with Gasteiger partial charge < -0.3 is 9.15 Å². The molecule has 0 spiro atoms. The Morgan fingerprint density at radius 3 is 2.34 bits per heavy atom. The third kappa shape index (κ3) is 4.88. The molecule has 0 amide bonds. The minimum absolute atomic E-state index is 0.0724. The molecule has 1 heterocycles. The largest absolute Gasteiger partial charge is 0.484 e. The number of thioether (sulfide) groups is 1. The average Bonchev–Trinajstić information content (AvgIpc) is 3.13. The number of aryl methyl sites for hydroxylation is 4. The second-order valence-corrected chi connectivity index (χ2v) is 8.29. The molecule has 0 aliphatic heterocycles. The molecular formula is C23H26N2O3S. The molecule has 0 aliphatic rings. The molecule has 5 nitrogen and oxygen atoms in total. The van der Waals surface area contributed by atoms with Crippen LogP contribution in [-0.4, -0.2) is 21.7 Å². The van der Waals surface area contributed by atoms with Crippen LogP contribution in [0.2, 0.25) is 0 Å². The first-order chi connectivity index (χ1) is 13.8. The summed E-state index contributed by atoms with van der Waals surface area (Å²) in [6.45, 7) is 12.3. The van der Waals surface area contributed by atoms with Crippen LogP contribution in [0.4, 0.5) is 0 Å². The number of nitrogens with zero attached hydrogens (tertiary/aromatic N) is 2. The highest BCUT2D eigenvalue weighted by molar-refractivity contribution is 7.99. The number of ether oxygens (including phenoxy) is 1. The summed E-state index contributed by atoms with van der Waals surface area (Å²) in [4.78, 5) is 12.8. The lowest BCUT2D eigenvalue weighted by atomic mass is 9.92. The van der Waals surface area contributed by atoms with E-state index in [1.54, 1.807) is 0 Å². The zero-order valence-electron chi connectivity index (χ0n) is 17.8. The van der Waals surface area contributed by atoms with Gasteiger partial charge in [-0.3, -0.25) is 4.79 Å². The molecule has 2 aromatic carbocycles. The van der Waals surface area contributed by atoms with Crippen molar-refractivity contribution in [2.24, 2.45) is 0 Å². The number of rotatable bonds is 7. The van der Waals surface area contributed by atoms with Crippen molar-refractivity contribution in [3.05, 3.63) is 69.1 Å². The Morgan fingerprint density at radius 2 is 1.66 bits per heavy atom. The number of aromatic nitrogens is 2. The van der Waals surface area contributed by atoms with Gasteiger partial charge in [-0.15, -0.1) is 10.2 Å². The van der Waals surface area contributed by atoms with Crippen molar-refractivity contribution >= 4 is 17.5 Å². The summed E-state index contributed by atoms with van der Waals surface area (Å²) in [6.07, 6.45) is 0. The third-order valence-electron chi connectivity index (χ3n) is 5.11. The first-order valence-electron chi connectivity index (χ1n) is 9.52. The Kier molecular flexibility index (Phi) is 6.42. The minimum Gasteiger partial charge on any atom is -0.484 e. The molecule has 0 unspecified atom stereocenters. The van der Waals surface area contributed by atoms with Crippen LogP contribution < -0.4 is 4.74 Å². The molecule has 0 fully saturated rings. The van der Waals surface area contributed by atoms with Gasteiger partial charge in [0.2, 0.25) is 0 Å². The Morgan fingerprint density at radius 1 is 0.966 bits per heavy atom. The Hall–Kier alpha value is -2.60. The fourth-order valence-corrected chi connectivity index (χ4v) is 3.84. The average molecular weight is 411 g/mol. The van der Waals surface area contributed by atoms with E-state index in [9.17, 15) is 4.79 Å². The van der Waals surface area contributed by atoms with Gasteiger partial charge in [-0.05, 0) is 81.0 Å². The highest BCUT2D eigenvalue weighted by Crippen LogP contribution is 2.26. The first kappa shape index (κ1) is 21.1. The lowest BCUT2D eigenvalue weighted by Gasteiger charge is -2.13. The zero-order chi connectivity index (χ0) is 21.1. The molecule has 3 rings (SSSR count). The summed E-state index contributed by atoms with van der Waals surface area (Å²) in [7, 11) is 0. The van der Waals surface area contributed by atoms with E-state index < -0.39 is 0 Å². The summed E-state index contributed by atoms with van der Waals surface area (Å²) < 4.78 is 11.4. The quantitative estimate of drug-likeness (QED) is 0.380. The van der Waals surface area contributed by atoms with Gasteiger partial charge >= 0.3 is 0 Å². The van der Waals surface area contributed by atoms with Crippen LogP contribution >= 0.6 is 11.8 Å². The van der Waals surface area contributed by atoms with Crippen molar-refractivity contribution < 1.29 is 13.9 Å². The Balaban J connectivity index is 1.62. The van der Waals surface area contributed by atoms with Crippen molar-refractivity contribution in [3.8, 4) is 5.75 Å². The van der Waals surface area contributed by atoms with E-state index >= 15 is 0 Å². The van der Waals surface area contributed by atoms with E-state index in [0.717, 1.165) is 44.7 Å². The summed E-state index contributed by atoms with van der Waals surface area (Å²) in [5.41, 5.74) is 7.30. The van der Waals surface area contributed by atoms with Gasteiger partial charge in [0.15, 0.2) is 12.4 Å². The second-order valence-electron chi connectivity index (χ2n) is 7.37. The predicted molar refractivity (Wildman–Crippen MR) is 115 cm³/mol. The summed E-state index contributed by atoms with van der Waals surface area (Å²) in [5, 5.41) is 8.42. The van der Waals surface area contributed by atoms with Gasteiger partial charge in [0, 0.05) is 5.56 Å². The van der Waals surface area contributed by atoms with Crippen LogP contribution in [-0.2, 0) is 6.61 Å². The van der Waals surface area contributed by atoms with E-state index in [1.165, 1.54) is 11.8 Å². The van der Waals surface area contributed by atoms with Crippen LogP contribution in [0.1, 0.15) is 49.6 Å². The molecule has 0 saturated carbocycles. The molecular weight excluding hydrogens is 384 g/mol. The maximum atomic E-state index is 12.8. The highest BCUT2D eigenvalue weighted by atomic mass is 32.2. The van der Waals surface area contributed by atoms with Crippen molar-refractivity contribution in [1.29, 1.82) is 0 Å². The van der Waals surface area contributed by atoms with E-state index in [0.29, 0.717) is 11.1 Å². The minimum atomic E-state index is 0.0724. The summed E-state index contributed by atoms with van der Waals surface area (Å²) >= 11 is 1.26. The maximum absolute atomic E-state index is 12.8. The fraction of sp³-hybridized carbons (Fsp3) is 0.348. The Labute approximate surface area is 175 Å². The third-order valence-corrected chi connectivity index (χ3v) is 5.93. The molecule has 0 radical (unpaired) electrons. The molecule has 0 bridgehead atoms. The molecule has 0 N–H and O–H groups in total. The molecule has 0 aliphatic carbocycles. The lowest BCUT2D eigenvalue weighted by Crippen LogP contribution is -2.10.